The van der Waals surface area contributed by atoms with E-state index in [1.807, 2.05) is 0 Å². The van der Waals surface area contributed by atoms with Crippen molar-refractivity contribution in [3.8, 4) is 0 Å². The highest BCUT2D eigenvalue weighted by Gasteiger charge is 2.07. The normalized spacial score (nSPS) is 10.1. The summed E-state index contributed by atoms with van der Waals surface area (Å²) in [6, 6.07) is 3.19. The Bertz CT molecular complexity index is 413. The van der Waals surface area contributed by atoms with Crippen LogP contribution < -0.4 is 11.5 Å². The quantitative estimate of drug-likeness (QED) is 0.766. The molecule has 0 aliphatic heterocycles. The third-order valence-electron chi connectivity index (χ3n) is 2.54. The fourth-order valence-corrected chi connectivity index (χ4v) is 1.36. The van der Waals surface area contributed by atoms with E-state index < -0.39 is 0 Å². The van der Waals surface area contributed by atoms with Crippen LogP contribution in [-0.2, 0) is 0 Å². The maximum Gasteiger partial charge on any atom is 0.128 e. The van der Waals surface area contributed by atoms with Gasteiger partial charge in [-0.15, -0.1) is 0 Å². The first kappa shape index (κ1) is 12.3. The van der Waals surface area contributed by atoms with Crippen molar-refractivity contribution >= 4 is 11.3 Å². The van der Waals surface area contributed by atoms with Crippen molar-refractivity contribution in [3.63, 3.8) is 0 Å². The second-order valence-electron chi connectivity index (χ2n) is 3.93. The zero-order chi connectivity index (χ0) is 12.3. The first-order valence-corrected chi connectivity index (χ1v) is 5.09. The molecule has 0 spiro atoms. The minimum absolute atomic E-state index is 0.303. The van der Waals surface area contributed by atoms with Crippen molar-refractivity contribution in [2.24, 2.45) is 5.73 Å². The molecule has 0 radical (unpaired) electrons. The molecule has 0 aromatic heterocycles. The Hall–Kier alpha value is -1.77. The Kier molecular flexibility index (Phi) is 3.72. The van der Waals surface area contributed by atoms with E-state index in [-0.39, 0.29) is 5.82 Å². The Morgan fingerprint density at radius 1 is 1.31 bits per heavy atom. The van der Waals surface area contributed by atoms with E-state index >= 15 is 0 Å². The van der Waals surface area contributed by atoms with Gasteiger partial charge in [0.2, 0.25) is 0 Å². The average Bonchev–Trinajstić information content (AvgIpc) is 2.21. The van der Waals surface area contributed by atoms with Crippen molar-refractivity contribution in [1.29, 1.82) is 0 Å². The van der Waals surface area contributed by atoms with Gasteiger partial charge < -0.3 is 11.5 Å². The van der Waals surface area contributed by atoms with Crippen LogP contribution in [0.25, 0.3) is 5.57 Å². The molecule has 0 aliphatic rings. The number of benzene rings is 1. The van der Waals surface area contributed by atoms with Crippen molar-refractivity contribution in [1.82, 2.24) is 0 Å². The molecule has 1 rings (SSSR count). The highest BCUT2D eigenvalue weighted by atomic mass is 19.1. The van der Waals surface area contributed by atoms with E-state index in [4.69, 9.17) is 11.5 Å². The molecule has 3 heteroatoms. The van der Waals surface area contributed by atoms with Crippen LogP contribution in [0.15, 0.2) is 31.0 Å². The summed E-state index contributed by atoms with van der Waals surface area (Å²) in [7, 11) is 0. The molecule has 0 bridgehead atoms. The van der Waals surface area contributed by atoms with E-state index in [0.717, 1.165) is 11.1 Å². The minimum atomic E-state index is -0.303. The summed E-state index contributed by atoms with van der Waals surface area (Å²) in [6.45, 7) is 9.15. The summed E-state index contributed by atoms with van der Waals surface area (Å²) in [4.78, 5) is 0. The smallest absolute Gasteiger partial charge is 0.128 e. The second kappa shape index (κ2) is 4.84. The molecule has 1 aromatic carbocycles. The summed E-state index contributed by atoms with van der Waals surface area (Å²) in [5.41, 5.74) is 14.2. The van der Waals surface area contributed by atoms with Crippen molar-refractivity contribution in [2.45, 2.75) is 19.8 Å². The Labute approximate surface area is 95.5 Å². The fraction of sp³-hybridized carbons (Fsp3) is 0.231. The predicted molar refractivity (Wildman–Crippen MR) is 67.1 cm³/mol. The molecule has 0 heterocycles. The van der Waals surface area contributed by atoms with Crippen LogP contribution >= 0.6 is 0 Å². The standard InChI is InChI=1S/C13H17FN2/c1-8(4-5-9(2)15)11-6-12(14)10(3)13(16)7-11/h6-7H,1-2,4-5,15-16H2,3H3. The van der Waals surface area contributed by atoms with E-state index in [1.165, 1.54) is 6.07 Å². The first-order chi connectivity index (χ1) is 7.41. The topological polar surface area (TPSA) is 52.0 Å². The van der Waals surface area contributed by atoms with Crippen LogP contribution in [0.5, 0.6) is 0 Å². The summed E-state index contributed by atoms with van der Waals surface area (Å²) >= 11 is 0. The Morgan fingerprint density at radius 3 is 2.44 bits per heavy atom. The lowest BCUT2D eigenvalue weighted by atomic mass is 9.99. The molecule has 0 aliphatic carbocycles. The van der Waals surface area contributed by atoms with Crippen LogP contribution in [0, 0.1) is 12.7 Å². The summed E-state index contributed by atoms with van der Waals surface area (Å²) in [5.74, 6) is -0.303. The van der Waals surface area contributed by atoms with Crippen molar-refractivity contribution in [2.75, 3.05) is 5.73 Å². The van der Waals surface area contributed by atoms with Crippen LogP contribution in [0.4, 0.5) is 10.1 Å². The number of hydrogen-bond donors (Lipinski definition) is 2. The average molecular weight is 220 g/mol. The molecule has 0 saturated heterocycles. The van der Waals surface area contributed by atoms with Gasteiger partial charge in [0.1, 0.15) is 5.82 Å². The van der Waals surface area contributed by atoms with Gasteiger partial charge in [0.15, 0.2) is 0 Å². The van der Waals surface area contributed by atoms with Gasteiger partial charge in [-0.05, 0) is 43.0 Å². The first-order valence-electron chi connectivity index (χ1n) is 5.09. The molecule has 86 valence electrons. The van der Waals surface area contributed by atoms with Gasteiger partial charge in [0.25, 0.3) is 0 Å². The van der Waals surface area contributed by atoms with Crippen molar-refractivity contribution < 1.29 is 4.39 Å². The molecule has 2 nitrogen and oxygen atoms in total. The molecular formula is C13H17FN2. The highest BCUT2D eigenvalue weighted by molar-refractivity contribution is 5.68. The molecular weight excluding hydrogens is 203 g/mol. The second-order valence-corrected chi connectivity index (χ2v) is 3.93. The monoisotopic (exact) mass is 220 g/mol. The van der Waals surface area contributed by atoms with Crippen molar-refractivity contribution in [3.05, 3.63) is 47.9 Å². The lowest BCUT2D eigenvalue weighted by Crippen LogP contribution is -1.98. The fourth-order valence-electron chi connectivity index (χ4n) is 1.36. The number of hydrogen-bond acceptors (Lipinski definition) is 2. The van der Waals surface area contributed by atoms with Gasteiger partial charge in [-0.1, -0.05) is 13.2 Å². The minimum Gasteiger partial charge on any atom is -0.403 e. The predicted octanol–water partition coefficient (Wildman–Crippen LogP) is 2.98. The lowest BCUT2D eigenvalue weighted by Gasteiger charge is -2.09. The zero-order valence-electron chi connectivity index (χ0n) is 9.52. The molecule has 0 unspecified atom stereocenters. The molecule has 0 atom stereocenters. The van der Waals surface area contributed by atoms with Crippen LogP contribution in [0.3, 0.4) is 0 Å². The molecule has 0 amide bonds. The summed E-state index contributed by atoms with van der Waals surface area (Å²) < 4.78 is 13.4. The maximum absolute atomic E-state index is 13.4. The van der Waals surface area contributed by atoms with Crippen LogP contribution in [0.1, 0.15) is 24.0 Å². The lowest BCUT2D eigenvalue weighted by molar-refractivity contribution is 0.619. The number of nitrogens with two attached hydrogens (primary N) is 2. The van der Waals surface area contributed by atoms with Crippen LogP contribution in [0.2, 0.25) is 0 Å². The van der Waals surface area contributed by atoms with Gasteiger partial charge in [-0.3, -0.25) is 0 Å². The van der Waals surface area contributed by atoms with Gasteiger partial charge in [-0.2, -0.15) is 0 Å². The molecule has 1 aromatic rings. The van der Waals surface area contributed by atoms with Gasteiger partial charge >= 0.3 is 0 Å². The summed E-state index contributed by atoms with van der Waals surface area (Å²) in [6.07, 6.45) is 1.31. The van der Waals surface area contributed by atoms with Gasteiger partial charge in [0.05, 0.1) is 0 Å². The Balaban J connectivity index is 2.88. The molecule has 0 saturated carbocycles. The Morgan fingerprint density at radius 2 is 1.94 bits per heavy atom. The highest BCUT2D eigenvalue weighted by Crippen LogP contribution is 2.25. The third-order valence-corrected chi connectivity index (χ3v) is 2.54. The maximum atomic E-state index is 13.4. The molecule has 4 N–H and O–H groups in total. The molecule has 16 heavy (non-hydrogen) atoms. The van der Waals surface area contributed by atoms with E-state index in [2.05, 4.69) is 13.2 Å². The van der Waals surface area contributed by atoms with Crippen LogP contribution in [-0.4, -0.2) is 0 Å². The molecule has 0 fully saturated rings. The van der Waals surface area contributed by atoms with E-state index in [9.17, 15) is 4.39 Å². The number of halogens is 1. The van der Waals surface area contributed by atoms with E-state index in [1.54, 1.807) is 13.0 Å². The number of rotatable bonds is 4. The number of anilines is 1. The number of nitrogen functional groups attached to an aromatic ring is 1. The largest absolute Gasteiger partial charge is 0.403 e. The summed E-state index contributed by atoms with van der Waals surface area (Å²) in [5, 5.41) is 0. The van der Waals surface area contributed by atoms with Gasteiger partial charge in [-0.25, -0.2) is 4.39 Å². The number of allylic oxidation sites excluding steroid dienone is 2. The SMILES string of the molecule is C=C(N)CCC(=C)c1cc(N)c(C)c(F)c1. The van der Waals surface area contributed by atoms with Gasteiger partial charge in [0, 0.05) is 16.9 Å². The third kappa shape index (κ3) is 2.86. The van der Waals surface area contributed by atoms with E-state index in [0.29, 0.717) is 29.8 Å². The zero-order valence-corrected chi connectivity index (χ0v) is 9.52.